The lowest BCUT2D eigenvalue weighted by molar-refractivity contribution is -0.146. The highest BCUT2D eigenvalue weighted by Gasteiger charge is 2.46. The average Bonchev–Trinajstić information content (AvgIpc) is 3.15. The van der Waals surface area contributed by atoms with E-state index in [2.05, 4.69) is 15.9 Å². The summed E-state index contributed by atoms with van der Waals surface area (Å²) < 4.78 is 6.13. The summed E-state index contributed by atoms with van der Waals surface area (Å²) in [6, 6.07) is 3.20. The standard InChI is InChI=1S/C14H16BrNO4/c15-11-7-6-10(20-11)13-9(14(18)19)2-1-3-12(17)16(13)8-4-5-8/h6-9,13H,1-5H2,(H,18,19). The van der Waals surface area contributed by atoms with Crippen molar-refractivity contribution in [3.63, 3.8) is 0 Å². The molecule has 108 valence electrons. The predicted octanol–water partition coefficient (Wildman–Crippen LogP) is 2.96. The van der Waals surface area contributed by atoms with Gasteiger partial charge in [0.05, 0.1) is 5.92 Å². The Hall–Kier alpha value is -1.30. The molecule has 1 saturated heterocycles. The van der Waals surface area contributed by atoms with Crippen LogP contribution >= 0.6 is 15.9 Å². The van der Waals surface area contributed by atoms with E-state index in [9.17, 15) is 14.7 Å². The topological polar surface area (TPSA) is 70.8 Å². The molecule has 0 bridgehead atoms. The number of likely N-dealkylation sites (tertiary alicyclic amines) is 1. The lowest BCUT2D eigenvalue weighted by Gasteiger charge is -2.32. The number of hydrogen-bond donors (Lipinski definition) is 1. The van der Waals surface area contributed by atoms with Gasteiger partial charge in [-0.25, -0.2) is 0 Å². The van der Waals surface area contributed by atoms with Crippen molar-refractivity contribution in [2.24, 2.45) is 5.92 Å². The fraction of sp³-hybridized carbons (Fsp3) is 0.571. The van der Waals surface area contributed by atoms with Gasteiger partial charge in [-0.1, -0.05) is 0 Å². The van der Waals surface area contributed by atoms with Crippen molar-refractivity contribution in [3.8, 4) is 0 Å². The molecular weight excluding hydrogens is 326 g/mol. The van der Waals surface area contributed by atoms with Gasteiger partial charge in [0.15, 0.2) is 4.67 Å². The van der Waals surface area contributed by atoms with Crippen LogP contribution in [0.25, 0.3) is 0 Å². The zero-order valence-electron chi connectivity index (χ0n) is 10.9. The minimum atomic E-state index is -0.858. The maximum atomic E-state index is 12.3. The second kappa shape index (κ2) is 5.24. The van der Waals surface area contributed by atoms with E-state index >= 15 is 0 Å². The number of carbonyl (C=O) groups is 2. The number of carbonyl (C=O) groups excluding carboxylic acids is 1. The second-order valence-corrected chi connectivity index (χ2v) is 6.24. The van der Waals surface area contributed by atoms with E-state index in [1.165, 1.54) is 0 Å². The van der Waals surface area contributed by atoms with Gasteiger partial charge < -0.3 is 14.4 Å². The van der Waals surface area contributed by atoms with E-state index in [1.54, 1.807) is 17.0 Å². The maximum Gasteiger partial charge on any atom is 0.309 e. The normalized spacial score (nSPS) is 27.4. The van der Waals surface area contributed by atoms with Gasteiger partial charge in [0.25, 0.3) is 0 Å². The first kappa shape index (κ1) is 13.7. The van der Waals surface area contributed by atoms with Crippen LogP contribution in [0.2, 0.25) is 0 Å². The Morgan fingerprint density at radius 1 is 1.35 bits per heavy atom. The zero-order chi connectivity index (χ0) is 14.3. The van der Waals surface area contributed by atoms with Crippen molar-refractivity contribution < 1.29 is 19.1 Å². The van der Waals surface area contributed by atoms with Crippen LogP contribution in [0, 0.1) is 5.92 Å². The highest BCUT2D eigenvalue weighted by atomic mass is 79.9. The van der Waals surface area contributed by atoms with Gasteiger partial charge in [-0.15, -0.1) is 0 Å². The fourth-order valence-electron chi connectivity index (χ4n) is 2.97. The number of halogens is 1. The monoisotopic (exact) mass is 341 g/mol. The molecule has 0 aromatic carbocycles. The van der Waals surface area contributed by atoms with Gasteiger partial charge in [-0.2, -0.15) is 0 Å². The van der Waals surface area contributed by atoms with E-state index in [0.29, 0.717) is 29.7 Å². The van der Waals surface area contributed by atoms with Crippen molar-refractivity contribution in [2.45, 2.75) is 44.2 Å². The lowest BCUT2D eigenvalue weighted by Crippen LogP contribution is -2.40. The Kier molecular flexibility index (Phi) is 3.58. The van der Waals surface area contributed by atoms with Crippen molar-refractivity contribution in [1.29, 1.82) is 0 Å². The van der Waals surface area contributed by atoms with Gasteiger partial charge in [-0.3, -0.25) is 9.59 Å². The molecule has 1 aliphatic carbocycles. The lowest BCUT2D eigenvalue weighted by atomic mass is 9.93. The number of amides is 1. The van der Waals surface area contributed by atoms with Gasteiger partial charge in [0.2, 0.25) is 5.91 Å². The number of nitrogens with zero attached hydrogens (tertiary/aromatic N) is 1. The summed E-state index contributed by atoms with van der Waals surface area (Å²) in [5.74, 6) is -0.844. The van der Waals surface area contributed by atoms with Gasteiger partial charge in [0, 0.05) is 12.5 Å². The van der Waals surface area contributed by atoms with Gasteiger partial charge in [0.1, 0.15) is 11.8 Å². The smallest absolute Gasteiger partial charge is 0.309 e. The van der Waals surface area contributed by atoms with Crippen LogP contribution in [-0.2, 0) is 9.59 Å². The molecule has 1 aliphatic heterocycles. The summed E-state index contributed by atoms with van der Waals surface area (Å²) in [6.07, 6.45) is 3.47. The number of carboxylic acids is 1. The molecule has 2 fully saturated rings. The Labute approximate surface area is 125 Å². The van der Waals surface area contributed by atoms with Crippen LogP contribution in [0.15, 0.2) is 21.2 Å². The Morgan fingerprint density at radius 2 is 2.10 bits per heavy atom. The average molecular weight is 342 g/mol. The molecule has 2 heterocycles. The summed E-state index contributed by atoms with van der Waals surface area (Å²) >= 11 is 3.25. The molecular formula is C14H16BrNO4. The first-order valence-electron chi connectivity index (χ1n) is 6.87. The summed E-state index contributed by atoms with van der Waals surface area (Å²) in [5.41, 5.74) is 0. The molecule has 1 amide bonds. The largest absolute Gasteiger partial charge is 0.481 e. The van der Waals surface area contributed by atoms with Crippen LogP contribution in [-0.4, -0.2) is 27.9 Å². The number of furan rings is 1. The molecule has 2 atom stereocenters. The Balaban J connectivity index is 2.02. The summed E-state index contributed by atoms with van der Waals surface area (Å²) in [4.78, 5) is 25.7. The minimum Gasteiger partial charge on any atom is -0.481 e. The third-order valence-electron chi connectivity index (χ3n) is 4.02. The molecule has 2 aliphatic rings. The number of hydrogen-bond acceptors (Lipinski definition) is 3. The van der Waals surface area contributed by atoms with Crippen molar-refractivity contribution in [3.05, 3.63) is 22.6 Å². The van der Waals surface area contributed by atoms with E-state index < -0.39 is 17.9 Å². The van der Waals surface area contributed by atoms with Crippen LogP contribution in [0.3, 0.4) is 0 Å². The molecule has 6 heteroatoms. The molecule has 2 unspecified atom stereocenters. The Morgan fingerprint density at radius 3 is 2.65 bits per heavy atom. The first-order valence-corrected chi connectivity index (χ1v) is 7.66. The van der Waals surface area contributed by atoms with E-state index in [0.717, 1.165) is 12.8 Å². The van der Waals surface area contributed by atoms with Crippen LogP contribution in [0.1, 0.15) is 43.9 Å². The van der Waals surface area contributed by atoms with Crippen LogP contribution < -0.4 is 0 Å². The molecule has 5 nitrogen and oxygen atoms in total. The van der Waals surface area contributed by atoms with E-state index in [1.807, 2.05) is 0 Å². The van der Waals surface area contributed by atoms with Crippen molar-refractivity contribution >= 4 is 27.8 Å². The fourth-order valence-corrected chi connectivity index (χ4v) is 3.29. The molecule has 0 radical (unpaired) electrons. The molecule has 1 aromatic rings. The molecule has 20 heavy (non-hydrogen) atoms. The first-order chi connectivity index (χ1) is 9.58. The third kappa shape index (κ3) is 2.49. The number of rotatable bonds is 3. The number of aliphatic carboxylic acids is 1. The third-order valence-corrected chi connectivity index (χ3v) is 4.44. The SMILES string of the molecule is O=C(O)C1CCCC(=O)N(C2CC2)C1c1ccc(Br)o1. The summed E-state index contributed by atoms with van der Waals surface area (Å²) in [6.45, 7) is 0. The van der Waals surface area contributed by atoms with Crippen molar-refractivity contribution in [1.82, 2.24) is 4.90 Å². The summed E-state index contributed by atoms with van der Waals surface area (Å²) in [5, 5.41) is 9.52. The second-order valence-electron chi connectivity index (χ2n) is 5.46. The molecule has 0 spiro atoms. The Bertz CT molecular complexity index is 537. The van der Waals surface area contributed by atoms with E-state index in [4.69, 9.17) is 4.42 Å². The van der Waals surface area contributed by atoms with Crippen LogP contribution in [0.4, 0.5) is 0 Å². The van der Waals surface area contributed by atoms with Gasteiger partial charge in [-0.05, 0) is 53.7 Å². The maximum absolute atomic E-state index is 12.3. The minimum absolute atomic E-state index is 0.0498. The van der Waals surface area contributed by atoms with E-state index in [-0.39, 0.29) is 11.9 Å². The molecule has 1 N–H and O–H groups in total. The highest BCUT2D eigenvalue weighted by Crippen LogP contribution is 2.43. The molecule has 1 saturated carbocycles. The molecule has 1 aromatic heterocycles. The van der Waals surface area contributed by atoms with Crippen LogP contribution in [0.5, 0.6) is 0 Å². The predicted molar refractivity (Wildman–Crippen MR) is 74.0 cm³/mol. The molecule has 3 rings (SSSR count). The van der Waals surface area contributed by atoms with Gasteiger partial charge >= 0.3 is 5.97 Å². The van der Waals surface area contributed by atoms with Crippen molar-refractivity contribution in [2.75, 3.05) is 0 Å². The zero-order valence-corrected chi connectivity index (χ0v) is 12.5. The summed E-state index contributed by atoms with van der Waals surface area (Å²) in [7, 11) is 0. The quantitative estimate of drug-likeness (QED) is 0.917. The highest BCUT2D eigenvalue weighted by molar-refractivity contribution is 9.10. The number of carboxylic acid groups (broad SMARTS) is 1.